The molecule has 0 amide bonds. The normalized spacial score (nSPS) is 11.9. The minimum Gasteiger partial charge on any atom is -0.494 e. The van der Waals surface area contributed by atoms with Crippen molar-refractivity contribution in [2.75, 3.05) is 19.7 Å². The van der Waals surface area contributed by atoms with Gasteiger partial charge < -0.3 is 16.2 Å². The lowest BCUT2D eigenvalue weighted by molar-refractivity contribution is 0.334. The van der Waals surface area contributed by atoms with Crippen LogP contribution in [0.15, 0.2) is 18.2 Å². The molecular formula is C16H28N2O. The zero-order chi connectivity index (χ0) is 14.5. The molecule has 0 aliphatic rings. The maximum atomic E-state index is 5.76. The van der Waals surface area contributed by atoms with E-state index in [0.717, 1.165) is 12.2 Å². The van der Waals surface area contributed by atoms with E-state index in [4.69, 9.17) is 16.2 Å². The molecule has 108 valence electrons. The van der Waals surface area contributed by atoms with Crippen molar-refractivity contribution in [2.24, 2.45) is 17.4 Å². The third-order valence-electron chi connectivity index (χ3n) is 3.40. The van der Waals surface area contributed by atoms with Crippen LogP contribution in [0.4, 0.5) is 0 Å². The van der Waals surface area contributed by atoms with E-state index in [9.17, 15) is 0 Å². The predicted octanol–water partition coefficient (Wildman–Crippen LogP) is 2.46. The molecule has 0 fully saturated rings. The molecule has 19 heavy (non-hydrogen) atoms. The van der Waals surface area contributed by atoms with Gasteiger partial charge in [0.25, 0.3) is 0 Å². The molecule has 1 rings (SSSR count). The summed E-state index contributed by atoms with van der Waals surface area (Å²) < 4.78 is 5.71. The van der Waals surface area contributed by atoms with Crippen molar-refractivity contribution in [3.63, 3.8) is 0 Å². The second kappa shape index (κ2) is 6.92. The van der Waals surface area contributed by atoms with Crippen LogP contribution in [0, 0.1) is 5.92 Å². The first kappa shape index (κ1) is 16.0. The first-order chi connectivity index (χ1) is 8.92. The first-order valence-corrected chi connectivity index (χ1v) is 7.08. The second-order valence-electron chi connectivity index (χ2n) is 6.05. The van der Waals surface area contributed by atoms with Crippen LogP contribution in [0.1, 0.15) is 38.8 Å². The highest BCUT2D eigenvalue weighted by Gasteiger charge is 2.17. The van der Waals surface area contributed by atoms with E-state index in [0.29, 0.717) is 25.6 Å². The number of hydrogen-bond donors (Lipinski definition) is 2. The zero-order valence-electron chi connectivity index (χ0n) is 12.7. The number of benzene rings is 1. The van der Waals surface area contributed by atoms with E-state index in [1.807, 2.05) is 6.92 Å². The SMILES string of the molecule is CCOc1ccc(C(C)(C)C)cc1CC(CN)CN. The van der Waals surface area contributed by atoms with Crippen molar-refractivity contribution >= 4 is 0 Å². The lowest BCUT2D eigenvalue weighted by Crippen LogP contribution is -2.25. The summed E-state index contributed by atoms with van der Waals surface area (Å²) in [6.07, 6.45) is 0.881. The van der Waals surface area contributed by atoms with E-state index >= 15 is 0 Å². The van der Waals surface area contributed by atoms with E-state index in [2.05, 4.69) is 39.0 Å². The third-order valence-corrected chi connectivity index (χ3v) is 3.40. The molecule has 0 heterocycles. The summed E-state index contributed by atoms with van der Waals surface area (Å²) in [5, 5.41) is 0. The fraction of sp³-hybridized carbons (Fsp3) is 0.625. The Morgan fingerprint density at radius 3 is 2.26 bits per heavy atom. The standard InChI is InChI=1S/C16H28N2O/c1-5-19-15-7-6-14(16(2,3)4)9-13(15)8-12(10-17)11-18/h6-7,9,12H,5,8,10-11,17-18H2,1-4H3. The predicted molar refractivity (Wildman–Crippen MR) is 81.6 cm³/mol. The zero-order valence-corrected chi connectivity index (χ0v) is 12.7. The van der Waals surface area contributed by atoms with Gasteiger partial charge in [0, 0.05) is 0 Å². The van der Waals surface area contributed by atoms with Gasteiger partial charge in [0.1, 0.15) is 5.75 Å². The Kier molecular flexibility index (Phi) is 5.83. The molecule has 3 nitrogen and oxygen atoms in total. The van der Waals surface area contributed by atoms with Gasteiger partial charge in [0.15, 0.2) is 0 Å². The van der Waals surface area contributed by atoms with Crippen LogP contribution in [-0.4, -0.2) is 19.7 Å². The van der Waals surface area contributed by atoms with E-state index < -0.39 is 0 Å². The van der Waals surface area contributed by atoms with Gasteiger partial charge in [0.2, 0.25) is 0 Å². The van der Waals surface area contributed by atoms with Crippen LogP contribution in [0.2, 0.25) is 0 Å². The minimum atomic E-state index is 0.139. The molecule has 0 aromatic heterocycles. The van der Waals surface area contributed by atoms with Gasteiger partial charge in [-0.25, -0.2) is 0 Å². The van der Waals surface area contributed by atoms with Crippen molar-refractivity contribution < 1.29 is 4.74 Å². The molecule has 4 N–H and O–H groups in total. The van der Waals surface area contributed by atoms with Crippen molar-refractivity contribution in [3.8, 4) is 5.75 Å². The maximum absolute atomic E-state index is 5.76. The number of nitrogens with two attached hydrogens (primary N) is 2. The second-order valence-corrected chi connectivity index (χ2v) is 6.05. The Hall–Kier alpha value is -1.06. The van der Waals surface area contributed by atoms with Crippen LogP contribution in [-0.2, 0) is 11.8 Å². The first-order valence-electron chi connectivity index (χ1n) is 7.08. The monoisotopic (exact) mass is 264 g/mol. The summed E-state index contributed by atoms with van der Waals surface area (Å²) in [6, 6.07) is 6.46. The van der Waals surface area contributed by atoms with Crippen LogP contribution in [0.25, 0.3) is 0 Å². The van der Waals surface area contributed by atoms with Gasteiger partial charge in [-0.05, 0) is 55.0 Å². The molecule has 0 atom stereocenters. The highest BCUT2D eigenvalue weighted by atomic mass is 16.5. The van der Waals surface area contributed by atoms with Crippen LogP contribution >= 0.6 is 0 Å². The van der Waals surface area contributed by atoms with Crippen molar-refractivity contribution in [3.05, 3.63) is 29.3 Å². The molecule has 1 aromatic rings. The highest BCUT2D eigenvalue weighted by molar-refractivity contribution is 5.40. The highest BCUT2D eigenvalue weighted by Crippen LogP contribution is 2.29. The van der Waals surface area contributed by atoms with Crippen molar-refractivity contribution in [1.29, 1.82) is 0 Å². The van der Waals surface area contributed by atoms with E-state index in [1.54, 1.807) is 0 Å². The largest absolute Gasteiger partial charge is 0.494 e. The smallest absolute Gasteiger partial charge is 0.122 e. The summed E-state index contributed by atoms with van der Waals surface area (Å²) in [6.45, 7) is 10.6. The fourth-order valence-electron chi connectivity index (χ4n) is 2.08. The van der Waals surface area contributed by atoms with Gasteiger partial charge in [-0.1, -0.05) is 32.9 Å². The molecule has 0 unspecified atom stereocenters. The molecule has 3 heteroatoms. The molecule has 0 saturated heterocycles. The lowest BCUT2D eigenvalue weighted by atomic mass is 9.85. The van der Waals surface area contributed by atoms with Crippen LogP contribution in [0.3, 0.4) is 0 Å². The van der Waals surface area contributed by atoms with Gasteiger partial charge in [-0.2, -0.15) is 0 Å². The molecule has 0 spiro atoms. The maximum Gasteiger partial charge on any atom is 0.122 e. The third kappa shape index (κ3) is 4.51. The Morgan fingerprint density at radius 1 is 1.16 bits per heavy atom. The summed E-state index contributed by atoms with van der Waals surface area (Å²) in [4.78, 5) is 0. The minimum absolute atomic E-state index is 0.139. The molecule has 0 bridgehead atoms. The summed E-state index contributed by atoms with van der Waals surface area (Å²) in [7, 11) is 0. The van der Waals surface area contributed by atoms with Gasteiger partial charge in [0.05, 0.1) is 6.61 Å². The van der Waals surface area contributed by atoms with Gasteiger partial charge in [-0.15, -0.1) is 0 Å². The Balaban J connectivity index is 3.08. The van der Waals surface area contributed by atoms with Crippen LogP contribution < -0.4 is 16.2 Å². The topological polar surface area (TPSA) is 61.3 Å². The van der Waals surface area contributed by atoms with Crippen molar-refractivity contribution in [1.82, 2.24) is 0 Å². The fourth-order valence-corrected chi connectivity index (χ4v) is 2.08. The number of hydrogen-bond acceptors (Lipinski definition) is 3. The number of ether oxygens (including phenoxy) is 1. The quantitative estimate of drug-likeness (QED) is 0.829. The Bertz CT molecular complexity index is 392. The number of rotatable bonds is 6. The average molecular weight is 264 g/mol. The van der Waals surface area contributed by atoms with Gasteiger partial charge in [-0.3, -0.25) is 0 Å². The van der Waals surface area contributed by atoms with Crippen LogP contribution in [0.5, 0.6) is 5.75 Å². The Labute approximate surface area is 117 Å². The molecule has 0 aliphatic carbocycles. The van der Waals surface area contributed by atoms with E-state index in [-0.39, 0.29) is 5.41 Å². The molecule has 1 aromatic carbocycles. The van der Waals surface area contributed by atoms with Crippen molar-refractivity contribution in [2.45, 2.75) is 39.5 Å². The summed E-state index contributed by atoms with van der Waals surface area (Å²) in [5.74, 6) is 1.27. The Morgan fingerprint density at radius 2 is 1.79 bits per heavy atom. The lowest BCUT2D eigenvalue weighted by Gasteiger charge is -2.22. The molecule has 0 saturated carbocycles. The molecule has 0 radical (unpaired) electrons. The van der Waals surface area contributed by atoms with E-state index in [1.165, 1.54) is 11.1 Å². The summed E-state index contributed by atoms with van der Waals surface area (Å²) in [5.41, 5.74) is 14.2. The molecular weight excluding hydrogens is 236 g/mol. The van der Waals surface area contributed by atoms with Gasteiger partial charge >= 0.3 is 0 Å². The molecule has 0 aliphatic heterocycles. The average Bonchev–Trinajstić information content (AvgIpc) is 2.36. The summed E-state index contributed by atoms with van der Waals surface area (Å²) >= 11 is 0.